The van der Waals surface area contributed by atoms with Crippen LogP contribution in [0.5, 0.6) is 0 Å². The third-order valence-corrected chi connectivity index (χ3v) is 2.47. The fourth-order valence-electron chi connectivity index (χ4n) is 1.59. The molecule has 0 aromatic heterocycles. The first-order chi connectivity index (χ1) is 6.20. The molecule has 0 aliphatic carbocycles. The van der Waals surface area contributed by atoms with E-state index in [1.165, 1.54) is 0 Å². The second-order valence-electron chi connectivity index (χ2n) is 3.90. The van der Waals surface area contributed by atoms with E-state index >= 15 is 0 Å². The van der Waals surface area contributed by atoms with E-state index in [1.807, 2.05) is 6.92 Å². The Morgan fingerprint density at radius 1 is 1.69 bits per heavy atom. The minimum atomic E-state index is 0.174. The molecule has 0 saturated carbocycles. The van der Waals surface area contributed by atoms with Gasteiger partial charge in [0.25, 0.3) is 0 Å². The zero-order valence-corrected chi connectivity index (χ0v) is 8.29. The molecular weight excluding hydrogens is 166 g/mol. The predicted octanol–water partition coefficient (Wildman–Crippen LogP) is 1.11. The van der Waals surface area contributed by atoms with Gasteiger partial charge in [-0.1, -0.05) is 0 Å². The minimum absolute atomic E-state index is 0.174. The average Bonchev–Trinajstić information content (AvgIpc) is 2.55. The van der Waals surface area contributed by atoms with Gasteiger partial charge in [0.05, 0.1) is 6.61 Å². The van der Waals surface area contributed by atoms with Crippen LogP contribution in [0.4, 0.5) is 0 Å². The Labute approximate surface area is 79.6 Å². The van der Waals surface area contributed by atoms with Crippen LogP contribution in [0.1, 0.15) is 32.6 Å². The molecule has 2 unspecified atom stereocenters. The average molecular weight is 185 g/mol. The molecule has 76 valence electrons. The Morgan fingerprint density at radius 3 is 3.00 bits per heavy atom. The van der Waals surface area contributed by atoms with Crippen molar-refractivity contribution in [2.45, 2.75) is 38.6 Å². The molecule has 0 bridgehead atoms. The van der Waals surface area contributed by atoms with Crippen LogP contribution in [-0.4, -0.2) is 25.0 Å². The molecule has 1 aliphatic heterocycles. The summed E-state index contributed by atoms with van der Waals surface area (Å²) < 4.78 is 5.16. The van der Waals surface area contributed by atoms with Crippen LogP contribution in [0.25, 0.3) is 0 Å². The zero-order valence-electron chi connectivity index (χ0n) is 8.29. The number of carbonyl (C=O) groups is 1. The maximum atomic E-state index is 11.5. The van der Waals surface area contributed by atoms with Gasteiger partial charge in [-0.2, -0.15) is 0 Å². The van der Waals surface area contributed by atoms with E-state index in [0.717, 1.165) is 25.9 Å². The summed E-state index contributed by atoms with van der Waals surface area (Å²) >= 11 is 0. The summed E-state index contributed by atoms with van der Waals surface area (Å²) in [4.78, 5) is 11.5. The highest BCUT2D eigenvalue weighted by Crippen LogP contribution is 2.16. The van der Waals surface area contributed by atoms with E-state index in [1.54, 1.807) is 0 Å². The van der Waals surface area contributed by atoms with Crippen molar-refractivity contribution in [3.8, 4) is 0 Å². The highest BCUT2D eigenvalue weighted by atomic mass is 16.5. The maximum absolute atomic E-state index is 11.5. The highest BCUT2D eigenvalue weighted by molar-refractivity contribution is 5.81. The lowest BCUT2D eigenvalue weighted by Gasteiger charge is -2.07. The van der Waals surface area contributed by atoms with Gasteiger partial charge in [-0.3, -0.25) is 4.79 Å². The third kappa shape index (κ3) is 3.87. The predicted molar refractivity (Wildman–Crippen MR) is 51.4 cm³/mol. The number of hydrogen-bond donors (Lipinski definition) is 1. The van der Waals surface area contributed by atoms with Gasteiger partial charge in [-0.05, 0) is 26.2 Å². The van der Waals surface area contributed by atoms with Gasteiger partial charge in [0.1, 0.15) is 5.78 Å². The van der Waals surface area contributed by atoms with E-state index in [0.29, 0.717) is 18.8 Å². The summed E-state index contributed by atoms with van der Waals surface area (Å²) in [5.74, 6) is 0.534. The molecule has 0 radical (unpaired) electrons. The van der Waals surface area contributed by atoms with Crippen molar-refractivity contribution in [1.82, 2.24) is 0 Å². The van der Waals surface area contributed by atoms with E-state index in [2.05, 4.69) is 0 Å². The van der Waals surface area contributed by atoms with Crippen LogP contribution in [-0.2, 0) is 9.53 Å². The van der Waals surface area contributed by atoms with Crippen molar-refractivity contribution in [3.05, 3.63) is 0 Å². The second kappa shape index (κ2) is 5.35. The number of nitrogens with two attached hydrogens (primary N) is 1. The van der Waals surface area contributed by atoms with Gasteiger partial charge in [0.2, 0.25) is 0 Å². The number of Topliss-reactive ketones (excluding diaryl/α,β-unsaturated/α-hetero) is 1. The topological polar surface area (TPSA) is 52.3 Å². The Bertz CT molecular complexity index is 162. The zero-order chi connectivity index (χ0) is 9.68. The normalized spacial score (nSPS) is 24.6. The molecule has 13 heavy (non-hydrogen) atoms. The molecule has 2 atom stereocenters. The summed E-state index contributed by atoms with van der Waals surface area (Å²) in [6.07, 6.45) is 3.46. The van der Waals surface area contributed by atoms with Gasteiger partial charge in [-0.15, -0.1) is 0 Å². The Balaban J connectivity index is 2.10. The molecule has 1 rings (SSSR count). The lowest BCUT2D eigenvalue weighted by molar-refractivity contribution is -0.122. The van der Waals surface area contributed by atoms with E-state index in [9.17, 15) is 4.79 Å². The van der Waals surface area contributed by atoms with Gasteiger partial charge in [0, 0.05) is 25.0 Å². The van der Waals surface area contributed by atoms with E-state index in [4.69, 9.17) is 10.5 Å². The molecule has 1 heterocycles. The van der Waals surface area contributed by atoms with Gasteiger partial charge in [0.15, 0.2) is 0 Å². The number of ketones is 1. The quantitative estimate of drug-likeness (QED) is 0.698. The summed E-state index contributed by atoms with van der Waals surface area (Å²) in [6.45, 7) is 3.36. The smallest absolute Gasteiger partial charge is 0.138 e. The van der Waals surface area contributed by atoms with Crippen LogP contribution < -0.4 is 5.73 Å². The van der Waals surface area contributed by atoms with E-state index < -0.39 is 0 Å². The van der Waals surface area contributed by atoms with Crippen molar-refractivity contribution >= 4 is 5.78 Å². The molecular formula is C10H19NO2. The molecule has 1 saturated heterocycles. The first kappa shape index (κ1) is 10.7. The Hall–Kier alpha value is -0.410. The monoisotopic (exact) mass is 185 g/mol. The molecule has 1 aliphatic rings. The lowest BCUT2D eigenvalue weighted by Crippen LogP contribution is -2.17. The van der Waals surface area contributed by atoms with Gasteiger partial charge >= 0.3 is 0 Å². The minimum Gasteiger partial charge on any atom is -0.381 e. The standard InChI is InChI=1S/C10H19NO2/c1-8(11)3-2-4-10(12)9-5-6-13-7-9/h8-9H,2-7,11H2,1H3. The van der Waals surface area contributed by atoms with Crippen LogP contribution in [0.2, 0.25) is 0 Å². The van der Waals surface area contributed by atoms with Crippen molar-refractivity contribution in [3.63, 3.8) is 0 Å². The lowest BCUT2D eigenvalue weighted by atomic mass is 9.98. The number of hydrogen-bond acceptors (Lipinski definition) is 3. The van der Waals surface area contributed by atoms with Crippen molar-refractivity contribution in [2.75, 3.05) is 13.2 Å². The highest BCUT2D eigenvalue weighted by Gasteiger charge is 2.22. The fourth-order valence-corrected chi connectivity index (χ4v) is 1.59. The molecule has 1 fully saturated rings. The summed E-state index contributed by atoms with van der Waals surface area (Å²) in [5, 5.41) is 0. The van der Waals surface area contributed by atoms with Gasteiger partial charge in [-0.25, -0.2) is 0 Å². The number of rotatable bonds is 5. The van der Waals surface area contributed by atoms with E-state index in [-0.39, 0.29) is 12.0 Å². The molecule has 3 nitrogen and oxygen atoms in total. The molecule has 2 N–H and O–H groups in total. The molecule has 0 aromatic rings. The first-order valence-corrected chi connectivity index (χ1v) is 5.06. The van der Waals surface area contributed by atoms with Crippen molar-refractivity contribution in [1.29, 1.82) is 0 Å². The van der Waals surface area contributed by atoms with Crippen molar-refractivity contribution < 1.29 is 9.53 Å². The molecule has 0 amide bonds. The molecule has 3 heteroatoms. The number of ether oxygens (including phenoxy) is 1. The Morgan fingerprint density at radius 2 is 2.46 bits per heavy atom. The fraction of sp³-hybridized carbons (Fsp3) is 0.900. The SMILES string of the molecule is CC(N)CCCC(=O)C1CCOC1. The first-order valence-electron chi connectivity index (χ1n) is 5.06. The van der Waals surface area contributed by atoms with Crippen LogP contribution in [0, 0.1) is 5.92 Å². The van der Waals surface area contributed by atoms with Gasteiger partial charge < -0.3 is 10.5 Å². The molecule has 0 spiro atoms. The summed E-state index contributed by atoms with van der Waals surface area (Å²) in [7, 11) is 0. The number of carbonyl (C=O) groups excluding carboxylic acids is 1. The van der Waals surface area contributed by atoms with Crippen LogP contribution in [0.3, 0.4) is 0 Å². The molecule has 0 aromatic carbocycles. The van der Waals surface area contributed by atoms with Crippen LogP contribution in [0.15, 0.2) is 0 Å². The summed E-state index contributed by atoms with van der Waals surface area (Å²) in [5.41, 5.74) is 5.60. The maximum Gasteiger partial charge on any atom is 0.138 e. The summed E-state index contributed by atoms with van der Waals surface area (Å²) in [6, 6.07) is 0.215. The third-order valence-electron chi connectivity index (χ3n) is 2.47. The second-order valence-corrected chi connectivity index (χ2v) is 3.90. The van der Waals surface area contributed by atoms with Crippen LogP contribution >= 0.6 is 0 Å². The van der Waals surface area contributed by atoms with Crippen molar-refractivity contribution in [2.24, 2.45) is 11.7 Å². The largest absolute Gasteiger partial charge is 0.381 e. The Kier molecular flexibility index (Phi) is 4.39.